The molecule has 0 saturated carbocycles. The number of aryl methyl sites for hydroxylation is 1. The van der Waals surface area contributed by atoms with E-state index in [9.17, 15) is 31.9 Å². The molecule has 0 spiro atoms. The summed E-state index contributed by atoms with van der Waals surface area (Å²) in [6.45, 7) is 1.59. The molecule has 2 aliphatic heterocycles. The predicted octanol–water partition coefficient (Wildman–Crippen LogP) is 5.60. The zero-order valence-corrected chi connectivity index (χ0v) is 20.4. The highest BCUT2D eigenvalue weighted by Crippen LogP contribution is 2.50. The summed E-state index contributed by atoms with van der Waals surface area (Å²) in [6, 6.07) is 5.94. The number of alkyl halides is 3. The average Bonchev–Trinajstić information content (AvgIpc) is 3.36. The molecule has 2 aliphatic rings. The number of Topliss-reactive ketones (excluding diaryl/α,β-unsaturated/α-hetero) is 1. The summed E-state index contributed by atoms with van der Waals surface area (Å²) in [5.41, 5.74) is -2.50. The molecule has 2 heterocycles. The first-order valence-corrected chi connectivity index (χ1v) is 11.4. The van der Waals surface area contributed by atoms with E-state index in [1.807, 2.05) is 0 Å². The number of nitrogens with zero attached hydrogens (tertiary/aromatic N) is 2. The zero-order chi connectivity index (χ0) is 26.6. The Hall–Kier alpha value is -2.98. The van der Waals surface area contributed by atoms with Crippen molar-refractivity contribution in [3.8, 4) is 0 Å². The summed E-state index contributed by atoms with van der Waals surface area (Å²) in [5.74, 6) is -2.95. The second kappa shape index (κ2) is 9.15. The fourth-order valence-electron chi connectivity index (χ4n) is 4.33. The van der Waals surface area contributed by atoms with Crippen LogP contribution in [0, 0.1) is 18.7 Å². The topological polar surface area (TPSA) is 76.0 Å². The lowest BCUT2D eigenvalue weighted by Gasteiger charge is -2.29. The second-order valence-corrected chi connectivity index (χ2v) is 9.55. The number of amides is 2. The van der Waals surface area contributed by atoms with Crippen LogP contribution in [0.25, 0.3) is 0 Å². The predicted molar refractivity (Wildman–Crippen MR) is 122 cm³/mol. The molecule has 2 atom stereocenters. The van der Waals surface area contributed by atoms with Gasteiger partial charge in [-0.05, 0) is 36.2 Å². The van der Waals surface area contributed by atoms with Gasteiger partial charge in [-0.25, -0.2) is 4.39 Å². The largest absolute Gasteiger partial charge is 0.435 e. The monoisotopic (exact) mass is 544 g/mol. The molecule has 0 aromatic heterocycles. The molecule has 2 amide bonds. The first kappa shape index (κ1) is 26.1. The van der Waals surface area contributed by atoms with E-state index in [-0.39, 0.29) is 41.4 Å². The summed E-state index contributed by atoms with van der Waals surface area (Å²) < 4.78 is 56.4. The maximum Gasteiger partial charge on any atom is 0.435 e. The van der Waals surface area contributed by atoms with Crippen molar-refractivity contribution in [2.75, 3.05) is 7.05 Å². The summed E-state index contributed by atoms with van der Waals surface area (Å²) in [4.78, 5) is 42.5. The van der Waals surface area contributed by atoms with Gasteiger partial charge in [0.2, 0.25) is 11.8 Å². The number of carbonyl (C=O) groups is 3. The van der Waals surface area contributed by atoms with Gasteiger partial charge in [0, 0.05) is 37.4 Å². The number of ketones is 1. The van der Waals surface area contributed by atoms with Crippen molar-refractivity contribution in [2.24, 2.45) is 11.1 Å². The second-order valence-electron chi connectivity index (χ2n) is 8.73. The third-order valence-electron chi connectivity index (χ3n) is 6.40. The Kier molecular flexibility index (Phi) is 6.63. The lowest BCUT2D eigenvalue weighted by atomic mass is 9.85. The van der Waals surface area contributed by atoms with Gasteiger partial charge >= 0.3 is 6.18 Å². The van der Waals surface area contributed by atoms with E-state index in [4.69, 9.17) is 28.0 Å². The minimum absolute atomic E-state index is 0.0517. The fraction of sp³-hybridized carbons (Fsp3) is 0.333. The SMILES string of the molecule is Cc1cc(C2=NOC(c3cc(Cl)c(F)c(Cl)c3)(C(F)(F)F)C2)ccc1C(=O)C[C@@H]1CC(=O)N(C)C1=O. The minimum atomic E-state index is -4.95. The van der Waals surface area contributed by atoms with E-state index >= 15 is 0 Å². The van der Waals surface area contributed by atoms with Crippen LogP contribution in [0.5, 0.6) is 0 Å². The Labute approximate surface area is 212 Å². The number of carbonyl (C=O) groups excluding carboxylic acids is 3. The number of hydrogen-bond acceptors (Lipinski definition) is 5. The lowest BCUT2D eigenvalue weighted by Crippen LogP contribution is -2.42. The Morgan fingerprint density at radius 3 is 2.36 bits per heavy atom. The molecule has 6 nitrogen and oxygen atoms in total. The Morgan fingerprint density at radius 1 is 1.19 bits per heavy atom. The molecule has 12 heteroatoms. The molecule has 0 aliphatic carbocycles. The van der Waals surface area contributed by atoms with Gasteiger partial charge < -0.3 is 4.84 Å². The first-order chi connectivity index (χ1) is 16.7. The van der Waals surface area contributed by atoms with E-state index in [2.05, 4.69) is 5.16 Å². The van der Waals surface area contributed by atoms with Crippen LogP contribution >= 0.6 is 23.2 Å². The molecule has 1 unspecified atom stereocenters. The Balaban J connectivity index is 1.59. The van der Waals surface area contributed by atoms with Crippen LogP contribution in [0.3, 0.4) is 0 Å². The third-order valence-corrected chi connectivity index (χ3v) is 6.95. The van der Waals surface area contributed by atoms with Crippen molar-refractivity contribution in [3.05, 3.63) is 68.4 Å². The van der Waals surface area contributed by atoms with Crippen LogP contribution < -0.4 is 0 Å². The number of halogens is 6. The standard InChI is InChI=1S/C24H18Cl2F4N2O4/c1-11-5-12(3-4-15(11)19(33)6-13-7-20(34)32(2)22(13)35)18-10-23(36-31-18,24(28,29)30)14-8-16(25)21(27)17(26)9-14/h3-5,8-9,13H,6-7,10H2,1-2H3/t13-,23?/m1/s1. The summed E-state index contributed by atoms with van der Waals surface area (Å²) in [7, 11) is 1.36. The van der Waals surface area contributed by atoms with Gasteiger partial charge in [0.15, 0.2) is 11.6 Å². The van der Waals surface area contributed by atoms with Gasteiger partial charge in [0.25, 0.3) is 5.60 Å². The number of rotatable bonds is 5. The first-order valence-electron chi connectivity index (χ1n) is 10.7. The lowest BCUT2D eigenvalue weighted by molar-refractivity contribution is -0.275. The van der Waals surface area contributed by atoms with Crippen LogP contribution in [-0.4, -0.2) is 41.4 Å². The number of imide groups is 1. The van der Waals surface area contributed by atoms with Crippen molar-refractivity contribution in [2.45, 2.75) is 38.0 Å². The molecular weight excluding hydrogens is 527 g/mol. The Bertz CT molecular complexity index is 1300. The number of likely N-dealkylation sites (tertiary alicyclic amines) is 1. The molecular formula is C24H18Cl2F4N2O4. The van der Waals surface area contributed by atoms with Crippen molar-refractivity contribution < 1.29 is 36.8 Å². The van der Waals surface area contributed by atoms with Gasteiger partial charge in [-0.1, -0.05) is 40.5 Å². The average molecular weight is 545 g/mol. The highest BCUT2D eigenvalue weighted by Gasteiger charge is 2.62. The van der Waals surface area contributed by atoms with Crippen LogP contribution in [0.4, 0.5) is 17.6 Å². The highest BCUT2D eigenvalue weighted by molar-refractivity contribution is 6.35. The molecule has 36 heavy (non-hydrogen) atoms. The molecule has 2 aromatic rings. The highest BCUT2D eigenvalue weighted by atomic mass is 35.5. The fourth-order valence-corrected chi connectivity index (χ4v) is 4.82. The maximum atomic E-state index is 14.2. The zero-order valence-electron chi connectivity index (χ0n) is 18.9. The molecule has 2 aromatic carbocycles. The molecule has 0 N–H and O–H groups in total. The molecule has 0 bridgehead atoms. The van der Waals surface area contributed by atoms with E-state index in [1.54, 1.807) is 6.92 Å². The molecule has 190 valence electrons. The van der Waals surface area contributed by atoms with E-state index < -0.39 is 51.4 Å². The van der Waals surface area contributed by atoms with E-state index in [1.165, 1.54) is 25.2 Å². The van der Waals surface area contributed by atoms with Crippen LogP contribution in [0.2, 0.25) is 10.0 Å². The minimum Gasteiger partial charge on any atom is -0.374 e. The van der Waals surface area contributed by atoms with Gasteiger partial charge in [-0.15, -0.1) is 0 Å². The summed E-state index contributed by atoms with van der Waals surface area (Å²) >= 11 is 11.4. The molecule has 1 saturated heterocycles. The van der Waals surface area contributed by atoms with E-state index in [0.717, 1.165) is 17.0 Å². The smallest absolute Gasteiger partial charge is 0.374 e. The van der Waals surface area contributed by atoms with Crippen LogP contribution in [0.15, 0.2) is 35.5 Å². The number of oxime groups is 1. The number of benzene rings is 2. The Morgan fingerprint density at radius 2 is 1.83 bits per heavy atom. The van der Waals surface area contributed by atoms with Gasteiger partial charge in [0.1, 0.15) is 0 Å². The van der Waals surface area contributed by atoms with E-state index in [0.29, 0.717) is 5.56 Å². The number of hydrogen-bond donors (Lipinski definition) is 0. The van der Waals surface area contributed by atoms with Crippen molar-refractivity contribution in [3.63, 3.8) is 0 Å². The summed E-state index contributed by atoms with van der Waals surface area (Å²) in [5, 5.41) is 2.47. The van der Waals surface area contributed by atoms with Gasteiger partial charge in [0.05, 0.1) is 21.7 Å². The van der Waals surface area contributed by atoms with Crippen LogP contribution in [-0.2, 0) is 20.0 Å². The molecule has 0 radical (unpaired) electrons. The third kappa shape index (κ3) is 4.37. The molecule has 1 fully saturated rings. The van der Waals surface area contributed by atoms with Gasteiger partial charge in [-0.3, -0.25) is 19.3 Å². The molecule has 4 rings (SSSR count). The maximum absolute atomic E-state index is 14.2. The quantitative estimate of drug-likeness (QED) is 0.212. The van der Waals surface area contributed by atoms with Crippen molar-refractivity contribution in [1.82, 2.24) is 4.90 Å². The van der Waals surface area contributed by atoms with Crippen LogP contribution in [0.1, 0.15) is 46.3 Å². The summed E-state index contributed by atoms with van der Waals surface area (Å²) in [6.07, 6.45) is -5.91. The van der Waals surface area contributed by atoms with Gasteiger partial charge in [-0.2, -0.15) is 13.2 Å². The van der Waals surface area contributed by atoms with Crippen molar-refractivity contribution in [1.29, 1.82) is 0 Å². The normalized spacial score (nSPS) is 22.2. The van der Waals surface area contributed by atoms with Crippen molar-refractivity contribution >= 4 is 46.5 Å².